The zero-order chi connectivity index (χ0) is 17.6. The molecule has 1 aromatic heterocycles. The second-order valence-electron chi connectivity index (χ2n) is 6.06. The molecule has 132 valence electrons. The van der Waals surface area contributed by atoms with Crippen LogP contribution in [0, 0.1) is 5.82 Å². The van der Waals surface area contributed by atoms with Crippen molar-refractivity contribution in [1.29, 1.82) is 0 Å². The van der Waals surface area contributed by atoms with Crippen LogP contribution in [0.1, 0.15) is 42.6 Å². The fraction of sp³-hybridized carbons (Fsp3) is 0.412. The molecule has 0 saturated heterocycles. The number of anilines is 1. The van der Waals surface area contributed by atoms with Gasteiger partial charge in [0, 0.05) is 17.1 Å². The average Bonchev–Trinajstić information content (AvgIpc) is 3.15. The number of carbonyl (C=O) groups is 2. The van der Waals surface area contributed by atoms with Gasteiger partial charge in [0.25, 0.3) is 5.91 Å². The fourth-order valence-corrected chi connectivity index (χ4v) is 3.39. The van der Waals surface area contributed by atoms with Gasteiger partial charge in [-0.2, -0.15) is 0 Å². The highest BCUT2D eigenvalue weighted by molar-refractivity contribution is 7.03. The molecule has 2 amide bonds. The molecule has 0 spiro atoms. The molecule has 3 rings (SSSR count). The zero-order valence-corrected chi connectivity index (χ0v) is 14.5. The minimum absolute atomic E-state index is 0.140. The summed E-state index contributed by atoms with van der Waals surface area (Å²) in [5.41, 5.74) is 0.609. The smallest absolute Gasteiger partial charge is 0.280 e. The molecule has 1 heterocycles. The highest BCUT2D eigenvalue weighted by Crippen LogP contribution is 2.19. The van der Waals surface area contributed by atoms with E-state index in [2.05, 4.69) is 14.9 Å². The maximum absolute atomic E-state index is 13.2. The third-order valence-corrected chi connectivity index (χ3v) is 4.74. The molecule has 1 N–H and O–H groups in total. The predicted molar refractivity (Wildman–Crippen MR) is 93.0 cm³/mol. The molecule has 8 heteroatoms. The van der Waals surface area contributed by atoms with Crippen LogP contribution in [0.2, 0.25) is 0 Å². The molecular weight excluding hydrogens is 343 g/mol. The zero-order valence-electron chi connectivity index (χ0n) is 13.7. The molecule has 1 aliphatic carbocycles. The topological polar surface area (TPSA) is 75.2 Å². The van der Waals surface area contributed by atoms with Gasteiger partial charge in [0.15, 0.2) is 5.69 Å². The predicted octanol–water partition coefficient (Wildman–Crippen LogP) is 2.77. The summed E-state index contributed by atoms with van der Waals surface area (Å²) in [5, 5.41) is 8.29. The molecule has 1 aromatic carbocycles. The van der Waals surface area contributed by atoms with Crippen LogP contribution in [0.3, 0.4) is 0 Å². The Morgan fingerprint density at radius 2 is 1.92 bits per heavy atom. The quantitative estimate of drug-likeness (QED) is 0.887. The van der Waals surface area contributed by atoms with Gasteiger partial charge in [-0.3, -0.25) is 14.5 Å². The van der Waals surface area contributed by atoms with Crippen LogP contribution in [0.5, 0.6) is 0 Å². The lowest BCUT2D eigenvalue weighted by atomic mass is 9.95. The molecule has 6 nitrogen and oxygen atoms in total. The van der Waals surface area contributed by atoms with Gasteiger partial charge in [-0.25, -0.2) is 4.39 Å². The van der Waals surface area contributed by atoms with Crippen LogP contribution < -0.4 is 10.2 Å². The number of benzene rings is 1. The summed E-state index contributed by atoms with van der Waals surface area (Å²) in [6, 6.07) is 5.62. The van der Waals surface area contributed by atoms with Crippen LogP contribution in [0.15, 0.2) is 29.6 Å². The number of amides is 2. The van der Waals surface area contributed by atoms with Gasteiger partial charge in [-0.15, -0.1) is 5.10 Å². The number of carbonyl (C=O) groups excluding carboxylic acids is 2. The van der Waals surface area contributed by atoms with Crippen LogP contribution in [-0.4, -0.2) is 34.0 Å². The van der Waals surface area contributed by atoms with Crippen molar-refractivity contribution >= 4 is 29.0 Å². The first-order valence-electron chi connectivity index (χ1n) is 8.27. The second kappa shape index (κ2) is 8.15. The van der Waals surface area contributed by atoms with Crippen LogP contribution in [0.4, 0.5) is 10.1 Å². The van der Waals surface area contributed by atoms with Crippen LogP contribution >= 0.6 is 11.5 Å². The van der Waals surface area contributed by atoms with Crippen molar-refractivity contribution in [1.82, 2.24) is 14.9 Å². The van der Waals surface area contributed by atoms with E-state index in [9.17, 15) is 14.0 Å². The number of nitrogens with one attached hydrogen (secondary N) is 1. The first-order valence-corrected chi connectivity index (χ1v) is 9.11. The minimum atomic E-state index is -0.431. The Balaban J connectivity index is 1.74. The van der Waals surface area contributed by atoms with E-state index in [0.717, 1.165) is 37.2 Å². The largest absolute Gasteiger partial charge is 0.352 e. The number of aromatic nitrogens is 2. The summed E-state index contributed by atoms with van der Waals surface area (Å²) in [6.45, 7) is -0.140. The third kappa shape index (κ3) is 4.60. The number of halogens is 1. The Labute approximate surface area is 149 Å². The Morgan fingerprint density at radius 1 is 1.20 bits per heavy atom. The van der Waals surface area contributed by atoms with Gasteiger partial charge >= 0.3 is 0 Å². The summed E-state index contributed by atoms with van der Waals surface area (Å²) < 4.78 is 16.9. The standard InChI is InChI=1S/C17H19FN4O2S/c18-12-6-8-14(9-7-12)22(17(24)15-11-25-21-20-15)10-16(23)19-13-4-2-1-3-5-13/h6-9,11,13H,1-5,10H2,(H,19,23). The molecule has 1 saturated carbocycles. The SMILES string of the molecule is O=C(CN(C(=O)c1csnn1)c1ccc(F)cc1)NC1CCCCC1. The lowest BCUT2D eigenvalue weighted by Crippen LogP contribution is -2.45. The minimum Gasteiger partial charge on any atom is -0.352 e. The summed E-state index contributed by atoms with van der Waals surface area (Å²) in [6.07, 6.45) is 5.34. The van der Waals surface area contributed by atoms with E-state index in [1.165, 1.54) is 41.0 Å². The summed E-state index contributed by atoms with van der Waals surface area (Å²) >= 11 is 1.06. The molecule has 1 fully saturated rings. The maximum atomic E-state index is 13.2. The van der Waals surface area contributed by atoms with Gasteiger partial charge in [0.1, 0.15) is 12.4 Å². The lowest BCUT2D eigenvalue weighted by molar-refractivity contribution is -0.120. The fourth-order valence-electron chi connectivity index (χ4n) is 2.96. The van der Waals surface area contributed by atoms with Crippen molar-refractivity contribution in [2.24, 2.45) is 0 Å². The van der Waals surface area contributed by atoms with Crippen molar-refractivity contribution in [3.8, 4) is 0 Å². The molecule has 0 atom stereocenters. The maximum Gasteiger partial charge on any atom is 0.280 e. The number of nitrogens with zero attached hydrogens (tertiary/aromatic N) is 3. The third-order valence-electron chi connectivity index (χ3n) is 4.23. The van der Waals surface area contributed by atoms with Gasteiger partial charge in [0.2, 0.25) is 5.91 Å². The monoisotopic (exact) mass is 362 g/mol. The summed E-state index contributed by atoms with van der Waals surface area (Å²) in [7, 11) is 0. The van der Waals surface area contributed by atoms with Crippen molar-refractivity contribution in [2.45, 2.75) is 38.1 Å². The molecule has 0 unspecified atom stereocenters. The summed E-state index contributed by atoms with van der Waals surface area (Å²) in [4.78, 5) is 26.4. The van der Waals surface area contributed by atoms with Crippen molar-refractivity contribution in [3.63, 3.8) is 0 Å². The van der Waals surface area contributed by atoms with Gasteiger partial charge in [-0.1, -0.05) is 23.8 Å². The van der Waals surface area contributed by atoms with Crippen LogP contribution in [-0.2, 0) is 4.79 Å². The van der Waals surface area contributed by atoms with Gasteiger partial charge in [0.05, 0.1) is 0 Å². The molecule has 0 bridgehead atoms. The average molecular weight is 362 g/mol. The first kappa shape index (κ1) is 17.5. The van der Waals surface area contributed by atoms with Crippen molar-refractivity contribution < 1.29 is 14.0 Å². The van der Waals surface area contributed by atoms with E-state index in [1.54, 1.807) is 0 Å². The number of hydrogen-bond donors (Lipinski definition) is 1. The lowest BCUT2D eigenvalue weighted by Gasteiger charge is -2.26. The Kier molecular flexibility index (Phi) is 5.70. The normalized spacial score (nSPS) is 14.9. The molecule has 1 aliphatic rings. The van der Waals surface area contributed by atoms with Crippen molar-refractivity contribution in [3.05, 3.63) is 41.2 Å². The molecule has 25 heavy (non-hydrogen) atoms. The van der Waals surface area contributed by atoms with E-state index in [1.807, 2.05) is 0 Å². The van der Waals surface area contributed by atoms with Gasteiger partial charge in [-0.05, 0) is 48.6 Å². The van der Waals surface area contributed by atoms with E-state index in [4.69, 9.17) is 0 Å². The Morgan fingerprint density at radius 3 is 2.56 bits per heavy atom. The highest BCUT2D eigenvalue weighted by atomic mass is 32.1. The van der Waals surface area contributed by atoms with Crippen molar-refractivity contribution in [2.75, 3.05) is 11.4 Å². The number of hydrogen-bond acceptors (Lipinski definition) is 5. The van der Waals surface area contributed by atoms with E-state index in [-0.39, 0.29) is 24.2 Å². The molecular formula is C17H19FN4O2S. The van der Waals surface area contributed by atoms with Crippen LogP contribution in [0.25, 0.3) is 0 Å². The molecule has 0 aliphatic heterocycles. The summed E-state index contributed by atoms with van der Waals surface area (Å²) in [5.74, 6) is -1.06. The van der Waals surface area contributed by atoms with E-state index < -0.39 is 11.7 Å². The Hall–Kier alpha value is -2.35. The Bertz CT molecular complexity index is 715. The van der Waals surface area contributed by atoms with E-state index in [0.29, 0.717) is 5.69 Å². The highest BCUT2D eigenvalue weighted by Gasteiger charge is 2.24. The molecule has 2 aromatic rings. The van der Waals surface area contributed by atoms with E-state index >= 15 is 0 Å². The number of rotatable bonds is 5. The first-order chi connectivity index (χ1) is 12.1. The second-order valence-corrected chi connectivity index (χ2v) is 6.67. The molecule has 0 radical (unpaired) electrons. The van der Waals surface area contributed by atoms with Gasteiger partial charge < -0.3 is 5.32 Å².